The minimum absolute atomic E-state index is 0.0441. The third kappa shape index (κ3) is 4.54. The number of hydrogen-bond donors (Lipinski definition) is 1. The lowest BCUT2D eigenvalue weighted by molar-refractivity contribution is -0.122. The molecule has 0 aromatic heterocycles. The summed E-state index contributed by atoms with van der Waals surface area (Å²) in [7, 11) is 0. The number of piperazine rings is 1. The maximum Gasteiger partial charge on any atom is 0.234 e. The monoisotopic (exact) mass is 409 g/mol. The van der Waals surface area contributed by atoms with Gasteiger partial charge in [0, 0.05) is 43.7 Å². The summed E-state index contributed by atoms with van der Waals surface area (Å²) in [5.41, 5.74) is 2.31. The highest BCUT2D eigenvalue weighted by molar-refractivity contribution is 5.94. The first kappa shape index (κ1) is 20.5. The van der Waals surface area contributed by atoms with Gasteiger partial charge in [-0.3, -0.25) is 14.5 Å². The lowest BCUT2D eigenvalue weighted by Gasteiger charge is -2.36. The highest BCUT2D eigenvalue weighted by Crippen LogP contribution is 2.47. The van der Waals surface area contributed by atoms with Crippen LogP contribution in [-0.2, 0) is 10.2 Å². The van der Waals surface area contributed by atoms with Crippen molar-refractivity contribution in [3.8, 4) is 0 Å². The molecule has 1 saturated carbocycles. The third-order valence-electron chi connectivity index (χ3n) is 6.30. The predicted molar refractivity (Wildman–Crippen MR) is 115 cm³/mol. The fraction of sp³-hybridized carbons (Fsp3) is 0.417. The van der Waals surface area contributed by atoms with Gasteiger partial charge in [0.2, 0.25) is 5.91 Å². The van der Waals surface area contributed by atoms with Crippen molar-refractivity contribution in [1.82, 2.24) is 10.2 Å². The number of nitrogens with one attached hydrogen (secondary N) is 1. The van der Waals surface area contributed by atoms with Gasteiger partial charge in [-0.25, -0.2) is 4.39 Å². The summed E-state index contributed by atoms with van der Waals surface area (Å²) in [4.78, 5) is 28.0. The minimum Gasteiger partial charge on any atom is -0.367 e. The third-order valence-corrected chi connectivity index (χ3v) is 6.30. The number of hydrogen-bond acceptors (Lipinski definition) is 4. The van der Waals surface area contributed by atoms with Crippen molar-refractivity contribution in [2.45, 2.75) is 25.2 Å². The highest BCUT2D eigenvalue weighted by atomic mass is 19.1. The number of anilines is 1. The topological polar surface area (TPSA) is 52.7 Å². The highest BCUT2D eigenvalue weighted by Gasteiger charge is 2.44. The zero-order valence-electron chi connectivity index (χ0n) is 17.4. The van der Waals surface area contributed by atoms with Crippen LogP contribution in [0, 0.1) is 5.82 Å². The predicted octanol–water partition coefficient (Wildman–Crippen LogP) is 3.00. The van der Waals surface area contributed by atoms with E-state index < -0.39 is 0 Å². The molecular formula is C24H28FN3O2. The summed E-state index contributed by atoms with van der Waals surface area (Å²) in [6.07, 6.45) is 2.23. The fourth-order valence-electron chi connectivity index (χ4n) is 4.17. The Balaban J connectivity index is 1.25. The van der Waals surface area contributed by atoms with Crippen molar-refractivity contribution >= 4 is 17.4 Å². The number of rotatable bonds is 7. The van der Waals surface area contributed by atoms with Crippen LogP contribution in [0.2, 0.25) is 0 Å². The van der Waals surface area contributed by atoms with E-state index in [-0.39, 0.29) is 22.9 Å². The molecule has 0 atom stereocenters. The molecule has 30 heavy (non-hydrogen) atoms. The molecule has 0 unspecified atom stereocenters. The summed E-state index contributed by atoms with van der Waals surface area (Å²) in [5.74, 6) is -0.469. The molecule has 2 aromatic rings. The van der Waals surface area contributed by atoms with Crippen LogP contribution in [0.3, 0.4) is 0 Å². The Labute approximate surface area is 176 Å². The van der Waals surface area contributed by atoms with Crippen LogP contribution in [0.5, 0.6) is 0 Å². The van der Waals surface area contributed by atoms with E-state index in [0.717, 1.165) is 12.8 Å². The van der Waals surface area contributed by atoms with Gasteiger partial charge in [-0.05, 0) is 43.5 Å². The smallest absolute Gasteiger partial charge is 0.234 e. The molecular weight excluding hydrogens is 381 g/mol. The van der Waals surface area contributed by atoms with Crippen LogP contribution in [0.1, 0.15) is 35.7 Å². The maximum atomic E-state index is 14.4. The second-order valence-electron chi connectivity index (χ2n) is 8.41. The zero-order valence-corrected chi connectivity index (χ0v) is 17.4. The Kier molecular flexibility index (Phi) is 5.86. The molecule has 1 saturated heterocycles. The van der Waals surface area contributed by atoms with Gasteiger partial charge < -0.3 is 10.2 Å². The number of carbonyl (C=O) groups is 2. The second kappa shape index (κ2) is 8.56. The number of carbonyl (C=O) groups excluding carboxylic acids is 2. The number of nitrogens with zero attached hydrogens (tertiary/aromatic N) is 2. The van der Waals surface area contributed by atoms with E-state index in [4.69, 9.17) is 0 Å². The van der Waals surface area contributed by atoms with Crippen LogP contribution >= 0.6 is 0 Å². The van der Waals surface area contributed by atoms with Crippen molar-refractivity contribution in [3.05, 3.63) is 65.5 Å². The van der Waals surface area contributed by atoms with Crippen molar-refractivity contribution in [1.29, 1.82) is 0 Å². The Hall–Kier alpha value is -2.73. The lowest BCUT2D eigenvalue weighted by atomic mass is 9.96. The molecule has 5 nitrogen and oxygen atoms in total. The molecule has 2 fully saturated rings. The average Bonchev–Trinajstić information content (AvgIpc) is 3.55. The van der Waals surface area contributed by atoms with Crippen LogP contribution in [0.25, 0.3) is 0 Å². The van der Waals surface area contributed by atoms with Gasteiger partial charge in [0.25, 0.3) is 0 Å². The van der Waals surface area contributed by atoms with Crippen molar-refractivity contribution < 1.29 is 14.0 Å². The molecule has 0 radical (unpaired) electrons. The molecule has 1 amide bonds. The van der Waals surface area contributed by atoms with E-state index in [1.165, 1.54) is 18.6 Å². The van der Waals surface area contributed by atoms with Crippen molar-refractivity contribution in [2.75, 3.05) is 44.2 Å². The largest absolute Gasteiger partial charge is 0.367 e. The second-order valence-corrected chi connectivity index (χ2v) is 8.41. The Bertz CT molecular complexity index is 919. The van der Waals surface area contributed by atoms with Gasteiger partial charge in [-0.2, -0.15) is 0 Å². The Morgan fingerprint density at radius 2 is 1.73 bits per heavy atom. The van der Waals surface area contributed by atoms with Gasteiger partial charge in [0.1, 0.15) is 5.82 Å². The van der Waals surface area contributed by atoms with Crippen LogP contribution < -0.4 is 10.2 Å². The van der Waals surface area contributed by atoms with E-state index in [0.29, 0.717) is 50.5 Å². The van der Waals surface area contributed by atoms with E-state index in [2.05, 4.69) is 22.3 Å². The van der Waals surface area contributed by atoms with Gasteiger partial charge in [0.05, 0.1) is 12.2 Å². The molecule has 0 bridgehead atoms. The molecule has 158 valence electrons. The van der Waals surface area contributed by atoms with Gasteiger partial charge in [-0.15, -0.1) is 0 Å². The summed E-state index contributed by atoms with van der Waals surface area (Å²) < 4.78 is 14.4. The molecule has 1 heterocycles. The Morgan fingerprint density at radius 3 is 2.33 bits per heavy atom. The summed E-state index contributed by atoms with van der Waals surface area (Å²) in [6.45, 7) is 5.18. The molecule has 6 heteroatoms. The van der Waals surface area contributed by atoms with E-state index in [1.807, 2.05) is 23.1 Å². The Morgan fingerprint density at radius 1 is 1.03 bits per heavy atom. The molecule has 1 aliphatic carbocycles. The summed E-state index contributed by atoms with van der Waals surface area (Å²) in [5, 5.41) is 3.11. The van der Waals surface area contributed by atoms with Crippen LogP contribution in [0.4, 0.5) is 10.1 Å². The zero-order chi connectivity index (χ0) is 21.1. The quantitative estimate of drug-likeness (QED) is 0.715. The number of benzene rings is 2. The first-order valence-corrected chi connectivity index (χ1v) is 10.6. The molecule has 4 rings (SSSR count). The summed E-state index contributed by atoms with van der Waals surface area (Å²) in [6, 6.07) is 15.0. The van der Waals surface area contributed by atoms with E-state index in [1.54, 1.807) is 12.1 Å². The summed E-state index contributed by atoms with van der Waals surface area (Å²) >= 11 is 0. The van der Waals surface area contributed by atoms with Crippen molar-refractivity contribution in [3.63, 3.8) is 0 Å². The van der Waals surface area contributed by atoms with E-state index in [9.17, 15) is 14.0 Å². The van der Waals surface area contributed by atoms with Crippen LogP contribution in [-0.4, -0.2) is 55.9 Å². The van der Waals surface area contributed by atoms with Gasteiger partial charge in [0.15, 0.2) is 5.78 Å². The molecule has 1 N–H and O–H groups in total. The fourth-order valence-corrected chi connectivity index (χ4v) is 4.17. The SMILES string of the molecule is CC(=O)c1ccc(N2CCN(CC(=O)NCC3(c4ccccc4)CC3)CC2)c(F)c1. The molecule has 1 aliphatic heterocycles. The average molecular weight is 410 g/mol. The molecule has 0 spiro atoms. The van der Waals surface area contributed by atoms with Gasteiger partial charge >= 0.3 is 0 Å². The van der Waals surface area contributed by atoms with Crippen LogP contribution in [0.15, 0.2) is 48.5 Å². The molecule has 2 aliphatic rings. The van der Waals surface area contributed by atoms with Gasteiger partial charge in [-0.1, -0.05) is 30.3 Å². The normalized spacial score (nSPS) is 18.1. The number of ketones is 1. The molecule has 2 aromatic carbocycles. The maximum absolute atomic E-state index is 14.4. The lowest BCUT2D eigenvalue weighted by Crippen LogP contribution is -2.50. The first-order valence-electron chi connectivity index (χ1n) is 10.6. The standard InChI is InChI=1S/C24H28FN3O2/c1-18(29)19-7-8-22(21(25)15-19)28-13-11-27(12-14-28)16-23(30)26-17-24(9-10-24)20-5-3-2-4-6-20/h2-8,15H,9-14,16-17H2,1H3,(H,26,30). The van der Waals surface area contributed by atoms with Crippen molar-refractivity contribution in [2.24, 2.45) is 0 Å². The minimum atomic E-state index is -0.371. The first-order chi connectivity index (χ1) is 14.5. The number of amides is 1. The number of halogens is 1. The van der Waals surface area contributed by atoms with E-state index >= 15 is 0 Å². The number of Topliss-reactive ketones (excluding diaryl/α,β-unsaturated/α-hetero) is 1.